The predicted molar refractivity (Wildman–Crippen MR) is 92.6 cm³/mol. The lowest BCUT2D eigenvalue weighted by molar-refractivity contribution is 0.102. The van der Waals surface area contributed by atoms with E-state index in [2.05, 4.69) is 5.32 Å². The molecule has 0 radical (unpaired) electrons. The van der Waals surface area contributed by atoms with Crippen molar-refractivity contribution in [2.45, 2.75) is 27.2 Å². The second kappa shape index (κ2) is 7.68. The van der Waals surface area contributed by atoms with Crippen molar-refractivity contribution in [1.29, 1.82) is 0 Å². The highest BCUT2D eigenvalue weighted by molar-refractivity contribution is 6.05. The summed E-state index contributed by atoms with van der Waals surface area (Å²) in [5.41, 5.74) is 3.46. The molecule has 0 aliphatic heterocycles. The molecule has 122 valence electrons. The molecule has 23 heavy (non-hydrogen) atoms. The Morgan fingerprint density at radius 3 is 2.39 bits per heavy atom. The number of anilines is 1. The molecule has 0 bridgehead atoms. The summed E-state index contributed by atoms with van der Waals surface area (Å²) in [6.45, 7) is 6.61. The molecule has 1 amide bonds. The van der Waals surface area contributed by atoms with Gasteiger partial charge in [0.15, 0.2) is 11.5 Å². The van der Waals surface area contributed by atoms with E-state index in [9.17, 15) is 4.79 Å². The lowest BCUT2D eigenvalue weighted by Gasteiger charge is -2.14. The molecule has 0 saturated carbocycles. The van der Waals surface area contributed by atoms with Crippen LogP contribution in [-0.2, 0) is 0 Å². The van der Waals surface area contributed by atoms with Gasteiger partial charge in [-0.3, -0.25) is 4.79 Å². The van der Waals surface area contributed by atoms with Crippen LogP contribution in [0.3, 0.4) is 0 Å². The van der Waals surface area contributed by atoms with Crippen LogP contribution in [0, 0.1) is 13.8 Å². The lowest BCUT2D eigenvalue weighted by Crippen LogP contribution is -2.14. The zero-order valence-corrected chi connectivity index (χ0v) is 14.1. The Hall–Kier alpha value is -2.49. The topological polar surface area (TPSA) is 47.6 Å². The van der Waals surface area contributed by atoms with Crippen LogP contribution in [0.25, 0.3) is 0 Å². The molecule has 0 spiro atoms. The van der Waals surface area contributed by atoms with Gasteiger partial charge in [0.1, 0.15) is 0 Å². The van der Waals surface area contributed by atoms with E-state index in [0.29, 0.717) is 23.7 Å². The fourth-order valence-electron chi connectivity index (χ4n) is 2.34. The van der Waals surface area contributed by atoms with Crippen molar-refractivity contribution >= 4 is 11.6 Å². The first-order valence-electron chi connectivity index (χ1n) is 7.75. The number of amides is 1. The third-order valence-corrected chi connectivity index (χ3v) is 3.61. The van der Waals surface area contributed by atoms with Crippen molar-refractivity contribution < 1.29 is 14.3 Å². The highest BCUT2D eigenvalue weighted by Gasteiger charge is 2.13. The van der Waals surface area contributed by atoms with E-state index in [0.717, 1.165) is 23.2 Å². The minimum Gasteiger partial charge on any atom is -0.493 e. The number of rotatable bonds is 6. The van der Waals surface area contributed by atoms with Crippen LogP contribution in [0.4, 0.5) is 5.69 Å². The van der Waals surface area contributed by atoms with Crippen LogP contribution in [0.15, 0.2) is 36.4 Å². The van der Waals surface area contributed by atoms with Crippen molar-refractivity contribution in [3.63, 3.8) is 0 Å². The Bertz CT molecular complexity index is 675. The fraction of sp³-hybridized carbons (Fsp3) is 0.316. The van der Waals surface area contributed by atoms with E-state index in [4.69, 9.17) is 9.47 Å². The average Bonchev–Trinajstić information content (AvgIpc) is 2.56. The first-order chi connectivity index (χ1) is 11.1. The lowest BCUT2D eigenvalue weighted by atomic mass is 10.1. The molecular weight excluding hydrogens is 290 g/mol. The molecule has 2 rings (SSSR count). The van der Waals surface area contributed by atoms with Gasteiger partial charge < -0.3 is 14.8 Å². The first-order valence-corrected chi connectivity index (χ1v) is 7.75. The molecule has 0 unspecified atom stereocenters. The summed E-state index contributed by atoms with van der Waals surface area (Å²) in [6, 6.07) is 11.2. The zero-order valence-electron chi connectivity index (χ0n) is 14.1. The Morgan fingerprint density at radius 1 is 1.09 bits per heavy atom. The van der Waals surface area contributed by atoms with E-state index in [1.165, 1.54) is 0 Å². The minimum absolute atomic E-state index is 0.164. The second-order valence-electron chi connectivity index (χ2n) is 5.44. The number of para-hydroxylation sites is 1. The average molecular weight is 313 g/mol. The van der Waals surface area contributed by atoms with Gasteiger partial charge in [0.25, 0.3) is 5.91 Å². The summed E-state index contributed by atoms with van der Waals surface area (Å²) in [5, 5.41) is 2.97. The van der Waals surface area contributed by atoms with Gasteiger partial charge in [0, 0.05) is 11.3 Å². The molecule has 1 N–H and O–H groups in total. The van der Waals surface area contributed by atoms with E-state index >= 15 is 0 Å². The van der Waals surface area contributed by atoms with Crippen LogP contribution in [-0.4, -0.2) is 19.6 Å². The van der Waals surface area contributed by atoms with Crippen LogP contribution < -0.4 is 14.8 Å². The van der Waals surface area contributed by atoms with Gasteiger partial charge in [-0.1, -0.05) is 25.1 Å². The molecule has 0 aliphatic carbocycles. The molecule has 4 nitrogen and oxygen atoms in total. The first kappa shape index (κ1) is 16.9. The van der Waals surface area contributed by atoms with Crippen LogP contribution in [0.1, 0.15) is 34.8 Å². The smallest absolute Gasteiger partial charge is 0.255 e. The van der Waals surface area contributed by atoms with Gasteiger partial charge in [-0.25, -0.2) is 0 Å². The molecule has 2 aromatic rings. The Kier molecular flexibility index (Phi) is 5.63. The van der Waals surface area contributed by atoms with Crippen LogP contribution in [0.2, 0.25) is 0 Å². The minimum atomic E-state index is -0.164. The van der Waals surface area contributed by atoms with Gasteiger partial charge in [-0.2, -0.15) is 0 Å². The number of aryl methyl sites for hydroxylation is 2. The number of hydrogen-bond donors (Lipinski definition) is 1. The molecule has 0 atom stereocenters. The highest BCUT2D eigenvalue weighted by atomic mass is 16.5. The SMILES string of the molecule is CCCOc1ccc(C(=O)Nc2c(C)cccc2C)cc1OC. The summed E-state index contributed by atoms with van der Waals surface area (Å²) in [6.07, 6.45) is 0.915. The van der Waals surface area contributed by atoms with Crippen molar-refractivity contribution in [3.8, 4) is 11.5 Å². The molecule has 4 heteroatoms. The number of nitrogens with one attached hydrogen (secondary N) is 1. The Morgan fingerprint density at radius 2 is 1.78 bits per heavy atom. The van der Waals surface area contributed by atoms with Crippen molar-refractivity contribution in [3.05, 3.63) is 53.1 Å². The van der Waals surface area contributed by atoms with Crippen molar-refractivity contribution in [1.82, 2.24) is 0 Å². The monoisotopic (exact) mass is 313 g/mol. The third kappa shape index (κ3) is 4.03. The van der Waals surface area contributed by atoms with Gasteiger partial charge in [-0.15, -0.1) is 0 Å². The van der Waals surface area contributed by atoms with E-state index in [1.54, 1.807) is 25.3 Å². The van der Waals surface area contributed by atoms with Crippen molar-refractivity contribution in [2.75, 3.05) is 19.0 Å². The normalized spacial score (nSPS) is 10.3. The molecule has 0 heterocycles. The molecule has 0 saturated heterocycles. The number of benzene rings is 2. The van der Waals surface area contributed by atoms with Gasteiger partial charge in [0.05, 0.1) is 13.7 Å². The number of carbonyl (C=O) groups excluding carboxylic acids is 1. The maximum absolute atomic E-state index is 12.5. The molecule has 0 aliphatic rings. The van der Waals surface area contributed by atoms with Gasteiger partial charge in [-0.05, 0) is 49.6 Å². The zero-order chi connectivity index (χ0) is 16.8. The molecule has 0 fully saturated rings. The molecule has 2 aromatic carbocycles. The fourth-order valence-corrected chi connectivity index (χ4v) is 2.34. The summed E-state index contributed by atoms with van der Waals surface area (Å²) < 4.78 is 10.9. The number of carbonyl (C=O) groups is 1. The van der Waals surface area contributed by atoms with E-state index < -0.39 is 0 Å². The summed E-state index contributed by atoms with van der Waals surface area (Å²) in [4.78, 5) is 12.5. The molecule has 0 aromatic heterocycles. The Labute approximate surface area is 137 Å². The maximum atomic E-state index is 12.5. The van der Waals surface area contributed by atoms with Gasteiger partial charge >= 0.3 is 0 Å². The van der Waals surface area contributed by atoms with E-state index in [1.807, 2.05) is 39.0 Å². The third-order valence-electron chi connectivity index (χ3n) is 3.61. The quantitative estimate of drug-likeness (QED) is 0.862. The maximum Gasteiger partial charge on any atom is 0.255 e. The largest absolute Gasteiger partial charge is 0.493 e. The van der Waals surface area contributed by atoms with E-state index in [-0.39, 0.29) is 5.91 Å². The van der Waals surface area contributed by atoms with Crippen LogP contribution in [0.5, 0.6) is 11.5 Å². The predicted octanol–water partition coefficient (Wildman–Crippen LogP) is 4.35. The van der Waals surface area contributed by atoms with Gasteiger partial charge in [0.2, 0.25) is 0 Å². The van der Waals surface area contributed by atoms with Crippen molar-refractivity contribution in [2.24, 2.45) is 0 Å². The Balaban J connectivity index is 2.22. The standard InChI is InChI=1S/C19H23NO3/c1-5-11-23-16-10-9-15(12-17(16)22-4)19(21)20-18-13(2)7-6-8-14(18)3/h6-10,12H,5,11H2,1-4H3,(H,20,21). The summed E-state index contributed by atoms with van der Waals surface area (Å²) in [5.74, 6) is 1.05. The second-order valence-corrected chi connectivity index (χ2v) is 5.44. The highest BCUT2D eigenvalue weighted by Crippen LogP contribution is 2.29. The number of ether oxygens (including phenoxy) is 2. The molecular formula is C19H23NO3. The van der Waals surface area contributed by atoms with Crippen LogP contribution >= 0.6 is 0 Å². The summed E-state index contributed by atoms with van der Waals surface area (Å²) >= 11 is 0. The summed E-state index contributed by atoms with van der Waals surface area (Å²) in [7, 11) is 1.57. The number of hydrogen-bond acceptors (Lipinski definition) is 3. The number of methoxy groups -OCH3 is 1.